The third-order valence-electron chi connectivity index (χ3n) is 0.366. The Morgan fingerprint density at radius 3 is 2.25 bits per heavy atom. The molecule has 0 aliphatic heterocycles. The number of hydrogen-bond donors (Lipinski definition) is 2. The van der Waals surface area contributed by atoms with Crippen LogP contribution in [0, 0.1) is 0 Å². The van der Waals surface area contributed by atoms with Crippen molar-refractivity contribution in [2.75, 3.05) is 6.61 Å². The molecule has 0 amide bonds. The summed E-state index contributed by atoms with van der Waals surface area (Å²) in [7, 11) is 0. The third-order valence-corrected chi connectivity index (χ3v) is 0.366. The Kier molecular flexibility index (Phi) is 10.5. The number of aliphatic hydroxyl groups excluding tert-OH is 1. The zero-order valence-electron chi connectivity index (χ0n) is 3.66. The molecular formula is C4H8CaO3. The Labute approximate surface area is 77.0 Å². The molecule has 0 atom stereocenters. The van der Waals surface area contributed by atoms with Crippen LogP contribution in [0.1, 0.15) is 0 Å². The van der Waals surface area contributed by atoms with E-state index in [-0.39, 0.29) is 44.3 Å². The number of aliphatic hydroxyl groups is 1. The molecular weight excluding hydrogens is 136 g/mol. The summed E-state index contributed by atoms with van der Waals surface area (Å²) in [4.78, 5) is 9.56. The predicted molar refractivity (Wildman–Crippen MR) is 32.4 cm³/mol. The normalized spacial score (nSPS) is 8.62. The Morgan fingerprint density at radius 1 is 1.62 bits per heavy atom. The van der Waals surface area contributed by atoms with E-state index in [4.69, 9.17) is 10.2 Å². The van der Waals surface area contributed by atoms with E-state index < -0.39 is 5.97 Å². The van der Waals surface area contributed by atoms with Gasteiger partial charge in [0.2, 0.25) is 0 Å². The molecule has 3 nitrogen and oxygen atoms in total. The average Bonchev–Trinajstić information content (AvgIpc) is 1.61. The van der Waals surface area contributed by atoms with Crippen molar-refractivity contribution in [3.8, 4) is 0 Å². The van der Waals surface area contributed by atoms with E-state index in [9.17, 15) is 4.79 Å². The summed E-state index contributed by atoms with van der Waals surface area (Å²) in [6.45, 7) is -0.216. The molecule has 44 valence electrons. The fraction of sp³-hybridized carbons (Fsp3) is 0.250. The molecule has 0 unspecified atom stereocenters. The molecule has 0 aliphatic carbocycles. The van der Waals surface area contributed by atoms with Crippen LogP contribution in [0.25, 0.3) is 0 Å². The maximum absolute atomic E-state index is 9.56. The van der Waals surface area contributed by atoms with Gasteiger partial charge in [-0.15, -0.1) is 0 Å². The predicted octanol–water partition coefficient (Wildman–Crippen LogP) is -1.30. The topological polar surface area (TPSA) is 57.5 Å². The quantitative estimate of drug-likeness (QED) is 0.374. The molecule has 0 bridgehead atoms. The van der Waals surface area contributed by atoms with E-state index in [2.05, 4.69) is 0 Å². The van der Waals surface area contributed by atoms with Crippen molar-refractivity contribution >= 4 is 43.7 Å². The molecule has 0 radical (unpaired) electrons. The molecule has 0 aromatic carbocycles. The molecule has 0 spiro atoms. The molecule has 0 aromatic heterocycles. The van der Waals surface area contributed by atoms with Crippen molar-refractivity contribution in [2.45, 2.75) is 0 Å². The van der Waals surface area contributed by atoms with Crippen molar-refractivity contribution in [3.63, 3.8) is 0 Å². The van der Waals surface area contributed by atoms with Crippen LogP contribution in [0.2, 0.25) is 0 Å². The first-order valence-corrected chi connectivity index (χ1v) is 1.77. The summed E-state index contributed by atoms with van der Waals surface area (Å²) in [6, 6.07) is 0. The summed E-state index contributed by atoms with van der Waals surface area (Å²) in [6.07, 6.45) is 2.04. The average molecular weight is 144 g/mol. The van der Waals surface area contributed by atoms with Gasteiger partial charge in [0.15, 0.2) is 0 Å². The zero-order valence-corrected chi connectivity index (χ0v) is 3.66. The molecule has 0 fully saturated rings. The van der Waals surface area contributed by atoms with Gasteiger partial charge in [-0.25, -0.2) is 4.79 Å². The second-order valence-corrected chi connectivity index (χ2v) is 0.923. The van der Waals surface area contributed by atoms with Crippen molar-refractivity contribution < 1.29 is 15.0 Å². The minimum absolute atomic E-state index is 0. The van der Waals surface area contributed by atoms with Gasteiger partial charge in [0, 0.05) is 6.08 Å². The third kappa shape index (κ3) is 9.66. The maximum atomic E-state index is 9.56. The summed E-state index contributed by atoms with van der Waals surface area (Å²) in [5, 5.41) is 15.8. The van der Waals surface area contributed by atoms with E-state index in [1.54, 1.807) is 0 Å². The molecule has 0 rings (SSSR count). The first kappa shape index (κ1) is 11.3. The fourth-order valence-electron chi connectivity index (χ4n) is 0.154. The fourth-order valence-corrected chi connectivity index (χ4v) is 0.154. The second-order valence-electron chi connectivity index (χ2n) is 0.923. The van der Waals surface area contributed by atoms with Crippen LogP contribution >= 0.6 is 0 Å². The summed E-state index contributed by atoms with van der Waals surface area (Å²) < 4.78 is 0. The van der Waals surface area contributed by atoms with Crippen LogP contribution in [0.15, 0.2) is 12.2 Å². The monoisotopic (exact) mass is 144 g/mol. The number of hydrogen-bond acceptors (Lipinski definition) is 2. The van der Waals surface area contributed by atoms with E-state index >= 15 is 0 Å². The summed E-state index contributed by atoms with van der Waals surface area (Å²) >= 11 is 0. The van der Waals surface area contributed by atoms with Gasteiger partial charge in [0.25, 0.3) is 0 Å². The van der Waals surface area contributed by atoms with Gasteiger partial charge >= 0.3 is 43.7 Å². The van der Waals surface area contributed by atoms with Gasteiger partial charge in [0.05, 0.1) is 6.61 Å². The van der Waals surface area contributed by atoms with E-state index in [1.165, 1.54) is 0 Å². The van der Waals surface area contributed by atoms with Crippen LogP contribution in [0.4, 0.5) is 0 Å². The molecule has 0 aliphatic rings. The minimum atomic E-state index is -1.03. The van der Waals surface area contributed by atoms with Crippen molar-refractivity contribution in [1.82, 2.24) is 0 Å². The Bertz CT molecular complexity index is 89.3. The van der Waals surface area contributed by atoms with Crippen LogP contribution in [-0.2, 0) is 4.79 Å². The van der Waals surface area contributed by atoms with Gasteiger partial charge in [-0.1, -0.05) is 6.08 Å². The molecule has 0 saturated heterocycles. The first-order chi connectivity index (χ1) is 3.27. The number of carboxylic acids is 1. The van der Waals surface area contributed by atoms with E-state index in [0.717, 1.165) is 12.2 Å². The number of carbonyl (C=O) groups is 1. The van der Waals surface area contributed by atoms with Crippen molar-refractivity contribution in [2.24, 2.45) is 0 Å². The Hall–Kier alpha value is 0.430. The molecule has 4 heteroatoms. The van der Waals surface area contributed by atoms with Gasteiger partial charge in [-0.05, 0) is 0 Å². The second kappa shape index (κ2) is 7.43. The van der Waals surface area contributed by atoms with E-state index in [0.29, 0.717) is 0 Å². The molecule has 2 N–H and O–H groups in total. The molecule has 0 aromatic rings. The first-order valence-electron chi connectivity index (χ1n) is 1.77. The summed E-state index contributed by atoms with van der Waals surface area (Å²) in [5.74, 6) is -1.03. The van der Waals surface area contributed by atoms with Gasteiger partial charge in [-0.3, -0.25) is 0 Å². The van der Waals surface area contributed by atoms with Crippen molar-refractivity contribution in [3.05, 3.63) is 12.2 Å². The SMILES string of the molecule is O=C(O)C=CCO.[CaH2]. The standard InChI is InChI=1S/C4H6O3.Ca.2H/c5-3-1-2-4(6)7;;;/h1-2,5H,3H2,(H,6,7);;;. The van der Waals surface area contributed by atoms with Crippen LogP contribution in [0.5, 0.6) is 0 Å². The van der Waals surface area contributed by atoms with Gasteiger partial charge in [0.1, 0.15) is 0 Å². The van der Waals surface area contributed by atoms with Crippen LogP contribution < -0.4 is 0 Å². The summed E-state index contributed by atoms with van der Waals surface area (Å²) in [5.41, 5.74) is 0. The van der Waals surface area contributed by atoms with Gasteiger partial charge < -0.3 is 10.2 Å². The van der Waals surface area contributed by atoms with Crippen LogP contribution in [0.3, 0.4) is 0 Å². The van der Waals surface area contributed by atoms with E-state index in [1.807, 2.05) is 0 Å². The number of carboxylic acid groups (broad SMARTS) is 1. The Morgan fingerprint density at radius 2 is 2.12 bits per heavy atom. The Balaban J connectivity index is 0. The van der Waals surface area contributed by atoms with Crippen molar-refractivity contribution in [1.29, 1.82) is 0 Å². The number of rotatable bonds is 2. The number of aliphatic carboxylic acids is 1. The van der Waals surface area contributed by atoms with Gasteiger partial charge in [-0.2, -0.15) is 0 Å². The molecule has 0 heterocycles. The molecule has 0 saturated carbocycles. The van der Waals surface area contributed by atoms with Crippen LogP contribution in [-0.4, -0.2) is 60.5 Å². The molecule has 8 heavy (non-hydrogen) atoms. The zero-order chi connectivity index (χ0) is 5.70.